The van der Waals surface area contributed by atoms with Crippen LogP contribution in [0.3, 0.4) is 0 Å². The van der Waals surface area contributed by atoms with E-state index in [0.717, 1.165) is 12.2 Å². The Hall–Kier alpha value is -1.53. The van der Waals surface area contributed by atoms with Crippen molar-refractivity contribution in [3.05, 3.63) is 29.8 Å². The van der Waals surface area contributed by atoms with Crippen LogP contribution in [-0.2, 0) is 0 Å². The summed E-state index contributed by atoms with van der Waals surface area (Å²) in [5.74, 6) is 0.889. The zero-order chi connectivity index (χ0) is 12.5. The second-order valence-electron chi connectivity index (χ2n) is 5.35. The Morgan fingerprint density at radius 2 is 2.06 bits per heavy atom. The molecule has 3 heteroatoms. The molecule has 0 aromatic heterocycles. The highest BCUT2D eigenvalue weighted by Gasteiger charge is 2.42. The van der Waals surface area contributed by atoms with Gasteiger partial charge in [-0.15, -0.1) is 0 Å². The van der Waals surface area contributed by atoms with Gasteiger partial charge in [-0.1, -0.05) is 6.42 Å². The lowest BCUT2D eigenvalue weighted by Gasteiger charge is -2.31. The molecule has 0 spiro atoms. The van der Waals surface area contributed by atoms with Gasteiger partial charge < -0.3 is 4.74 Å². The second-order valence-corrected chi connectivity index (χ2v) is 5.35. The molecular weight excluding hydrogens is 224 g/mol. The van der Waals surface area contributed by atoms with Gasteiger partial charge in [-0.05, 0) is 44.2 Å². The third kappa shape index (κ3) is 1.97. The Morgan fingerprint density at radius 1 is 1.28 bits per heavy atom. The van der Waals surface area contributed by atoms with Gasteiger partial charge in [-0.3, -0.25) is 4.90 Å². The number of piperidine rings is 1. The van der Waals surface area contributed by atoms with Crippen LogP contribution in [0.2, 0.25) is 0 Å². The van der Waals surface area contributed by atoms with Gasteiger partial charge >= 0.3 is 0 Å². The van der Waals surface area contributed by atoms with E-state index < -0.39 is 0 Å². The molecule has 3 rings (SSSR count). The third-order valence-electron chi connectivity index (χ3n) is 4.34. The Kier molecular flexibility index (Phi) is 2.97. The molecule has 2 fully saturated rings. The van der Waals surface area contributed by atoms with E-state index in [1.807, 2.05) is 24.3 Å². The smallest absolute Gasteiger partial charge is 0.119 e. The lowest BCUT2D eigenvalue weighted by molar-refractivity contribution is 0.118. The fourth-order valence-electron chi connectivity index (χ4n) is 3.31. The van der Waals surface area contributed by atoms with Gasteiger partial charge in [0.1, 0.15) is 11.9 Å². The van der Waals surface area contributed by atoms with E-state index in [4.69, 9.17) is 10.00 Å². The maximum Gasteiger partial charge on any atom is 0.119 e. The van der Waals surface area contributed by atoms with Crippen molar-refractivity contribution in [2.75, 3.05) is 7.05 Å². The van der Waals surface area contributed by atoms with Gasteiger partial charge in [-0.2, -0.15) is 5.26 Å². The van der Waals surface area contributed by atoms with E-state index in [-0.39, 0.29) is 0 Å². The average Bonchev–Trinajstić information content (AvgIpc) is 2.59. The molecule has 2 aliphatic heterocycles. The van der Waals surface area contributed by atoms with Gasteiger partial charge in [0.05, 0.1) is 11.6 Å². The normalized spacial score (nSPS) is 31.0. The number of likely N-dealkylation sites (N-methyl/N-ethyl adjacent to an activating group) is 1. The Labute approximate surface area is 108 Å². The van der Waals surface area contributed by atoms with Crippen molar-refractivity contribution < 1.29 is 4.74 Å². The molecule has 0 amide bonds. The van der Waals surface area contributed by atoms with E-state index >= 15 is 0 Å². The summed E-state index contributed by atoms with van der Waals surface area (Å²) in [7, 11) is 2.22. The zero-order valence-corrected chi connectivity index (χ0v) is 10.7. The number of nitriles is 1. The Morgan fingerprint density at radius 3 is 2.72 bits per heavy atom. The molecule has 2 heterocycles. The van der Waals surface area contributed by atoms with Crippen LogP contribution < -0.4 is 4.74 Å². The molecule has 18 heavy (non-hydrogen) atoms. The minimum Gasteiger partial charge on any atom is -0.489 e. The van der Waals surface area contributed by atoms with Crippen molar-refractivity contribution in [1.82, 2.24) is 4.90 Å². The van der Waals surface area contributed by atoms with Crippen molar-refractivity contribution >= 4 is 0 Å². The summed E-state index contributed by atoms with van der Waals surface area (Å²) in [4.78, 5) is 2.48. The number of hydrogen-bond donors (Lipinski definition) is 0. The summed E-state index contributed by atoms with van der Waals surface area (Å²) in [5, 5.41) is 8.77. The van der Waals surface area contributed by atoms with Crippen LogP contribution in [0.1, 0.15) is 31.2 Å². The standard InChI is InChI=1S/C15H18N2O/c1-17-12-3-2-4-14(17)15(9-12)18-13-7-5-11(10-16)6-8-13/h5-8,12,14-15H,2-4,9H2,1H3. The Balaban J connectivity index is 1.71. The summed E-state index contributed by atoms with van der Waals surface area (Å²) in [6, 6.07) is 10.8. The number of nitrogens with zero attached hydrogens (tertiary/aromatic N) is 2. The number of benzene rings is 1. The van der Waals surface area contributed by atoms with Gasteiger partial charge in [0.25, 0.3) is 0 Å². The fraction of sp³-hybridized carbons (Fsp3) is 0.533. The van der Waals surface area contributed by atoms with E-state index in [1.165, 1.54) is 19.3 Å². The molecule has 1 aromatic rings. The highest BCUT2D eigenvalue weighted by Crippen LogP contribution is 2.36. The molecule has 0 saturated carbocycles. The predicted molar refractivity (Wildman–Crippen MR) is 69.4 cm³/mol. The maximum absolute atomic E-state index is 8.77. The van der Waals surface area contributed by atoms with Crippen molar-refractivity contribution in [2.24, 2.45) is 0 Å². The summed E-state index contributed by atoms with van der Waals surface area (Å²) in [5.41, 5.74) is 0.685. The number of hydrogen-bond acceptors (Lipinski definition) is 3. The van der Waals surface area contributed by atoms with Crippen LogP contribution in [-0.4, -0.2) is 30.1 Å². The minimum absolute atomic E-state index is 0.315. The SMILES string of the molecule is CN1C2CCCC1C(Oc1ccc(C#N)cc1)C2. The first-order valence-corrected chi connectivity index (χ1v) is 6.66. The van der Waals surface area contributed by atoms with Crippen LogP contribution in [0, 0.1) is 11.3 Å². The van der Waals surface area contributed by atoms with E-state index in [9.17, 15) is 0 Å². The topological polar surface area (TPSA) is 36.3 Å². The molecule has 0 N–H and O–H groups in total. The summed E-state index contributed by atoms with van der Waals surface area (Å²) >= 11 is 0. The molecule has 2 saturated heterocycles. The largest absolute Gasteiger partial charge is 0.489 e. The van der Waals surface area contributed by atoms with Crippen molar-refractivity contribution in [3.63, 3.8) is 0 Å². The summed E-state index contributed by atoms with van der Waals surface area (Å²) in [6.45, 7) is 0. The molecule has 3 nitrogen and oxygen atoms in total. The quantitative estimate of drug-likeness (QED) is 0.799. The van der Waals surface area contributed by atoms with Crippen LogP contribution in [0.4, 0.5) is 0 Å². The second kappa shape index (κ2) is 4.62. The molecule has 3 unspecified atom stereocenters. The first kappa shape index (κ1) is 11.6. The van der Waals surface area contributed by atoms with Crippen LogP contribution in [0.25, 0.3) is 0 Å². The van der Waals surface area contributed by atoms with Crippen molar-refractivity contribution in [1.29, 1.82) is 5.26 Å². The molecule has 1 aromatic carbocycles. The van der Waals surface area contributed by atoms with Gasteiger partial charge in [0.15, 0.2) is 0 Å². The zero-order valence-electron chi connectivity index (χ0n) is 10.7. The van der Waals surface area contributed by atoms with Crippen LogP contribution in [0.5, 0.6) is 5.75 Å². The van der Waals surface area contributed by atoms with E-state index in [1.54, 1.807) is 0 Å². The van der Waals surface area contributed by atoms with Crippen molar-refractivity contribution in [3.8, 4) is 11.8 Å². The monoisotopic (exact) mass is 242 g/mol. The molecule has 2 aliphatic rings. The van der Waals surface area contributed by atoms with Crippen LogP contribution >= 0.6 is 0 Å². The van der Waals surface area contributed by atoms with Crippen molar-refractivity contribution in [2.45, 2.75) is 43.9 Å². The number of ether oxygens (including phenoxy) is 1. The van der Waals surface area contributed by atoms with Gasteiger partial charge in [0.2, 0.25) is 0 Å². The lowest BCUT2D eigenvalue weighted by atomic mass is 10.0. The van der Waals surface area contributed by atoms with Gasteiger partial charge in [-0.25, -0.2) is 0 Å². The highest BCUT2D eigenvalue weighted by molar-refractivity contribution is 5.34. The lowest BCUT2D eigenvalue weighted by Crippen LogP contribution is -2.40. The molecule has 0 radical (unpaired) electrons. The average molecular weight is 242 g/mol. The molecule has 2 bridgehead atoms. The molecule has 94 valence electrons. The first-order chi connectivity index (χ1) is 8.78. The number of fused-ring (bicyclic) bond motifs is 2. The first-order valence-electron chi connectivity index (χ1n) is 6.66. The van der Waals surface area contributed by atoms with E-state index in [2.05, 4.69) is 18.0 Å². The fourth-order valence-corrected chi connectivity index (χ4v) is 3.31. The number of rotatable bonds is 2. The van der Waals surface area contributed by atoms with Crippen LogP contribution in [0.15, 0.2) is 24.3 Å². The molecular formula is C15H18N2O. The van der Waals surface area contributed by atoms with E-state index in [0.29, 0.717) is 23.8 Å². The third-order valence-corrected chi connectivity index (χ3v) is 4.34. The van der Waals surface area contributed by atoms with Gasteiger partial charge in [0, 0.05) is 18.5 Å². The maximum atomic E-state index is 8.77. The predicted octanol–water partition coefficient (Wildman–Crippen LogP) is 2.56. The summed E-state index contributed by atoms with van der Waals surface area (Å²) < 4.78 is 6.11. The summed E-state index contributed by atoms with van der Waals surface area (Å²) in [6.07, 6.45) is 5.33. The molecule has 3 atom stereocenters. The highest BCUT2D eigenvalue weighted by atomic mass is 16.5. The minimum atomic E-state index is 0.315. The molecule has 0 aliphatic carbocycles. The Bertz CT molecular complexity index is 462.